The lowest BCUT2D eigenvalue weighted by Crippen LogP contribution is -1.92. The van der Waals surface area contributed by atoms with Crippen LogP contribution in [0.2, 0.25) is 0 Å². The Bertz CT molecular complexity index is 1590. The molecule has 1 aromatic heterocycles. The summed E-state index contributed by atoms with van der Waals surface area (Å²) < 4.78 is 2.36. The van der Waals surface area contributed by atoms with Crippen LogP contribution in [0.4, 0.5) is 0 Å². The summed E-state index contributed by atoms with van der Waals surface area (Å²) in [4.78, 5) is 0. The Hall–Kier alpha value is -4.10. The second kappa shape index (κ2) is 8.35. The first-order chi connectivity index (χ1) is 16.7. The fraction of sp³-hybridized carbons (Fsp3) is 0.0909. The third-order valence-corrected chi connectivity index (χ3v) is 6.82. The molecule has 6 rings (SSSR count). The molecule has 0 saturated heterocycles. The van der Waals surface area contributed by atoms with Crippen molar-refractivity contribution in [1.29, 1.82) is 0 Å². The summed E-state index contributed by atoms with van der Waals surface area (Å²) in [5, 5.41) is 2.57. The first-order valence-corrected chi connectivity index (χ1v) is 12.0. The number of aromatic nitrogens is 1. The molecule has 0 atom stereocenters. The van der Waals surface area contributed by atoms with Crippen molar-refractivity contribution >= 4 is 21.8 Å². The van der Waals surface area contributed by atoms with E-state index in [1.165, 1.54) is 55.3 Å². The van der Waals surface area contributed by atoms with Gasteiger partial charge in [-0.2, -0.15) is 0 Å². The van der Waals surface area contributed by atoms with Gasteiger partial charge >= 0.3 is 0 Å². The van der Waals surface area contributed by atoms with Crippen LogP contribution in [-0.2, 0) is 0 Å². The number of rotatable bonds is 4. The fourth-order valence-electron chi connectivity index (χ4n) is 4.92. The third-order valence-electron chi connectivity index (χ3n) is 6.82. The van der Waals surface area contributed by atoms with Crippen LogP contribution in [0.25, 0.3) is 49.7 Å². The Morgan fingerprint density at radius 3 is 1.68 bits per heavy atom. The van der Waals surface area contributed by atoms with E-state index in [4.69, 9.17) is 0 Å². The lowest BCUT2D eigenvalue weighted by atomic mass is 9.97. The van der Waals surface area contributed by atoms with Gasteiger partial charge in [-0.3, -0.25) is 0 Å². The van der Waals surface area contributed by atoms with Gasteiger partial charge in [-0.25, -0.2) is 0 Å². The third kappa shape index (κ3) is 3.50. The summed E-state index contributed by atoms with van der Waals surface area (Å²) in [6.07, 6.45) is 0. The number of nitrogens with zero attached hydrogens (tertiary/aromatic N) is 1. The molecule has 5 aromatic carbocycles. The molecule has 0 N–H and O–H groups in total. The summed E-state index contributed by atoms with van der Waals surface area (Å²) in [5.41, 5.74) is 10.0. The molecule has 0 fully saturated rings. The second-order valence-corrected chi connectivity index (χ2v) is 9.27. The van der Waals surface area contributed by atoms with Crippen LogP contribution in [0, 0.1) is 0 Å². The number of benzene rings is 5. The van der Waals surface area contributed by atoms with Gasteiger partial charge < -0.3 is 4.57 Å². The Morgan fingerprint density at radius 1 is 0.471 bits per heavy atom. The normalized spacial score (nSPS) is 11.5. The van der Waals surface area contributed by atoms with Crippen molar-refractivity contribution in [2.45, 2.75) is 19.8 Å². The maximum Gasteiger partial charge on any atom is 0.0541 e. The second-order valence-electron chi connectivity index (χ2n) is 9.27. The van der Waals surface area contributed by atoms with Crippen LogP contribution in [0.5, 0.6) is 0 Å². The van der Waals surface area contributed by atoms with Crippen LogP contribution < -0.4 is 0 Å². The maximum atomic E-state index is 2.36. The number of hydrogen-bond acceptors (Lipinski definition) is 0. The summed E-state index contributed by atoms with van der Waals surface area (Å²) >= 11 is 0. The molecule has 0 unspecified atom stereocenters. The van der Waals surface area contributed by atoms with E-state index in [2.05, 4.69) is 140 Å². The molecule has 0 aliphatic rings. The molecule has 0 amide bonds. The Balaban J connectivity index is 1.42. The van der Waals surface area contributed by atoms with Crippen molar-refractivity contribution in [1.82, 2.24) is 4.57 Å². The van der Waals surface area contributed by atoms with E-state index in [1.54, 1.807) is 0 Å². The van der Waals surface area contributed by atoms with Crippen LogP contribution in [0.1, 0.15) is 25.3 Å². The SMILES string of the molecule is CC(C)c1ccc(-c2ccc(-c3ccc4c(c3)c3ccccc3n4-c3ccccc3)cc2)cc1. The van der Waals surface area contributed by atoms with E-state index >= 15 is 0 Å². The lowest BCUT2D eigenvalue weighted by molar-refractivity contribution is 0.867. The van der Waals surface area contributed by atoms with Gasteiger partial charge in [-0.1, -0.05) is 105 Å². The van der Waals surface area contributed by atoms with E-state index in [-0.39, 0.29) is 0 Å². The van der Waals surface area contributed by atoms with Crippen molar-refractivity contribution in [3.05, 3.63) is 127 Å². The topological polar surface area (TPSA) is 4.93 Å². The first kappa shape index (κ1) is 20.5. The molecule has 34 heavy (non-hydrogen) atoms. The lowest BCUT2D eigenvalue weighted by Gasteiger charge is -2.09. The molecule has 0 aliphatic carbocycles. The molecule has 0 spiro atoms. The molecule has 0 bridgehead atoms. The molecule has 6 aromatic rings. The van der Waals surface area contributed by atoms with Gasteiger partial charge in [0.05, 0.1) is 11.0 Å². The van der Waals surface area contributed by atoms with Crippen LogP contribution in [-0.4, -0.2) is 4.57 Å². The molecule has 1 nitrogen and oxygen atoms in total. The Kier molecular flexibility index (Phi) is 5.04. The molecule has 0 radical (unpaired) electrons. The summed E-state index contributed by atoms with van der Waals surface area (Å²) in [6, 6.07) is 44.0. The average molecular weight is 438 g/mol. The molecular weight excluding hydrogens is 410 g/mol. The predicted octanol–water partition coefficient (Wildman–Crippen LogP) is 9.24. The minimum Gasteiger partial charge on any atom is -0.309 e. The van der Waals surface area contributed by atoms with Crippen molar-refractivity contribution < 1.29 is 0 Å². The molecular formula is C33H27N. The Morgan fingerprint density at radius 2 is 1.00 bits per heavy atom. The maximum absolute atomic E-state index is 2.36. The van der Waals surface area contributed by atoms with E-state index in [1.807, 2.05) is 0 Å². The minimum absolute atomic E-state index is 0.555. The summed E-state index contributed by atoms with van der Waals surface area (Å²) in [5.74, 6) is 0.555. The van der Waals surface area contributed by atoms with E-state index in [0.717, 1.165) is 0 Å². The van der Waals surface area contributed by atoms with E-state index in [0.29, 0.717) is 5.92 Å². The fourth-order valence-corrected chi connectivity index (χ4v) is 4.92. The van der Waals surface area contributed by atoms with Gasteiger partial charge in [0.25, 0.3) is 0 Å². The molecule has 1 heteroatoms. The zero-order valence-electron chi connectivity index (χ0n) is 19.6. The molecule has 1 heterocycles. The van der Waals surface area contributed by atoms with Gasteiger partial charge in [0, 0.05) is 16.5 Å². The van der Waals surface area contributed by atoms with Crippen LogP contribution in [0.15, 0.2) is 121 Å². The zero-order chi connectivity index (χ0) is 23.1. The van der Waals surface area contributed by atoms with Crippen LogP contribution in [0.3, 0.4) is 0 Å². The first-order valence-electron chi connectivity index (χ1n) is 12.0. The molecule has 0 saturated carbocycles. The standard InChI is InChI=1S/C33H27N/c1-23(2)24-12-14-25(15-13-24)26-16-18-27(19-17-26)28-20-21-33-31(22-28)30-10-6-7-11-32(30)34(33)29-8-4-3-5-9-29/h3-23H,1-2H3. The zero-order valence-corrected chi connectivity index (χ0v) is 19.6. The highest BCUT2D eigenvalue weighted by Gasteiger charge is 2.13. The van der Waals surface area contributed by atoms with Gasteiger partial charge in [-0.15, -0.1) is 0 Å². The van der Waals surface area contributed by atoms with Gasteiger partial charge in [0.2, 0.25) is 0 Å². The smallest absolute Gasteiger partial charge is 0.0541 e. The largest absolute Gasteiger partial charge is 0.309 e. The highest BCUT2D eigenvalue weighted by atomic mass is 15.0. The summed E-state index contributed by atoms with van der Waals surface area (Å²) in [7, 11) is 0. The van der Waals surface area contributed by atoms with E-state index in [9.17, 15) is 0 Å². The minimum atomic E-state index is 0.555. The number of hydrogen-bond donors (Lipinski definition) is 0. The van der Waals surface area contributed by atoms with Crippen molar-refractivity contribution in [2.75, 3.05) is 0 Å². The Labute approximate surface area is 200 Å². The number of para-hydroxylation sites is 2. The monoisotopic (exact) mass is 437 g/mol. The average Bonchev–Trinajstić information content (AvgIpc) is 3.23. The van der Waals surface area contributed by atoms with Crippen LogP contribution >= 0.6 is 0 Å². The molecule has 164 valence electrons. The predicted molar refractivity (Wildman–Crippen MR) is 146 cm³/mol. The number of fused-ring (bicyclic) bond motifs is 3. The highest BCUT2D eigenvalue weighted by molar-refractivity contribution is 6.10. The summed E-state index contributed by atoms with van der Waals surface area (Å²) in [6.45, 7) is 4.47. The molecule has 0 aliphatic heterocycles. The van der Waals surface area contributed by atoms with Crippen molar-refractivity contribution in [3.63, 3.8) is 0 Å². The highest BCUT2D eigenvalue weighted by Crippen LogP contribution is 2.35. The van der Waals surface area contributed by atoms with E-state index < -0.39 is 0 Å². The van der Waals surface area contributed by atoms with Crippen molar-refractivity contribution in [3.8, 4) is 27.9 Å². The van der Waals surface area contributed by atoms with Gasteiger partial charge in [-0.05, 0) is 64.1 Å². The quantitative estimate of drug-likeness (QED) is 0.259. The van der Waals surface area contributed by atoms with Gasteiger partial charge in [0.1, 0.15) is 0 Å². The van der Waals surface area contributed by atoms with Gasteiger partial charge in [0.15, 0.2) is 0 Å². The van der Waals surface area contributed by atoms with Crippen molar-refractivity contribution in [2.24, 2.45) is 0 Å².